The van der Waals surface area contributed by atoms with Crippen LogP contribution in [0.5, 0.6) is 0 Å². The lowest BCUT2D eigenvalue weighted by Gasteiger charge is -2.18. The van der Waals surface area contributed by atoms with Gasteiger partial charge in [0.05, 0.1) is 0 Å². The summed E-state index contributed by atoms with van der Waals surface area (Å²) in [5.41, 5.74) is 8.98. The highest BCUT2D eigenvalue weighted by molar-refractivity contribution is 6.37. The van der Waals surface area contributed by atoms with Crippen molar-refractivity contribution in [2.45, 2.75) is 0 Å². The molecule has 0 bridgehead atoms. The molecule has 0 aliphatic heterocycles. The Morgan fingerprint density at radius 2 is 0.708 bits per heavy atom. The second kappa shape index (κ2) is 13.9. The van der Waals surface area contributed by atoms with Gasteiger partial charge in [0.15, 0.2) is 17.5 Å². The Labute approximate surface area is 373 Å². The van der Waals surface area contributed by atoms with E-state index in [1.165, 1.54) is 75.8 Å². The molecule has 0 spiro atoms. The first-order valence-corrected chi connectivity index (χ1v) is 22.1. The van der Waals surface area contributed by atoms with Crippen molar-refractivity contribution in [2.75, 3.05) is 0 Å². The molecule has 0 aliphatic carbocycles. The Kier molecular flexibility index (Phi) is 7.65. The van der Waals surface area contributed by atoms with Crippen LogP contribution < -0.4 is 0 Å². The molecule has 0 N–H and O–H groups in total. The fourth-order valence-corrected chi connectivity index (χ4v) is 10.4. The second-order valence-electron chi connectivity index (χ2n) is 17.1. The molecule has 0 unspecified atom stereocenters. The van der Waals surface area contributed by atoms with E-state index in [0.717, 1.165) is 49.8 Å². The minimum absolute atomic E-state index is 0.590. The predicted octanol–water partition coefficient (Wildman–Crippen LogP) is 16.5. The number of nitrogens with zero attached hydrogens (tertiary/aromatic N) is 3. The lowest BCUT2D eigenvalue weighted by atomic mass is 9.85. The molecule has 12 aromatic carbocycles. The normalized spacial score (nSPS) is 12.0. The maximum atomic E-state index is 6.27. The molecule has 0 radical (unpaired) electrons. The Hall–Kier alpha value is -8.73. The first kappa shape index (κ1) is 35.8. The monoisotopic (exact) mass is 825 g/mol. The van der Waals surface area contributed by atoms with Gasteiger partial charge in [0.2, 0.25) is 0 Å². The van der Waals surface area contributed by atoms with E-state index in [2.05, 4.69) is 158 Å². The van der Waals surface area contributed by atoms with Crippen molar-refractivity contribution in [1.29, 1.82) is 0 Å². The van der Waals surface area contributed by atoms with Crippen LogP contribution in [0.1, 0.15) is 0 Å². The van der Waals surface area contributed by atoms with Crippen LogP contribution in [0.4, 0.5) is 0 Å². The summed E-state index contributed by atoms with van der Waals surface area (Å²) in [5.74, 6) is 1.82. The smallest absolute Gasteiger partial charge is 0.164 e. The number of aromatic nitrogens is 3. The summed E-state index contributed by atoms with van der Waals surface area (Å²) in [4.78, 5) is 15.2. The predicted molar refractivity (Wildman–Crippen MR) is 271 cm³/mol. The summed E-state index contributed by atoms with van der Waals surface area (Å²) in [6.07, 6.45) is 0. The molecular formula is C61H35N3O. The summed E-state index contributed by atoms with van der Waals surface area (Å²) in [6.45, 7) is 0. The van der Waals surface area contributed by atoms with Gasteiger partial charge in [-0.1, -0.05) is 182 Å². The van der Waals surface area contributed by atoms with Crippen molar-refractivity contribution in [3.8, 4) is 56.4 Å². The summed E-state index contributed by atoms with van der Waals surface area (Å²) in [7, 11) is 0. The average molecular weight is 826 g/mol. The van der Waals surface area contributed by atoms with E-state index in [1.807, 2.05) is 54.6 Å². The number of furan rings is 1. The fourth-order valence-electron chi connectivity index (χ4n) is 10.4. The third-order valence-electron chi connectivity index (χ3n) is 13.4. The molecule has 0 atom stereocenters. The molecule has 4 heteroatoms. The summed E-state index contributed by atoms with van der Waals surface area (Å²) in [5, 5.41) is 17.5. The van der Waals surface area contributed by atoms with E-state index in [1.54, 1.807) is 0 Å². The lowest BCUT2D eigenvalue weighted by molar-refractivity contribution is 0.669. The Morgan fingerprint density at radius 1 is 0.246 bits per heavy atom. The highest BCUT2D eigenvalue weighted by atomic mass is 16.3. The highest BCUT2D eigenvalue weighted by Crippen LogP contribution is 2.45. The van der Waals surface area contributed by atoms with Crippen LogP contribution >= 0.6 is 0 Å². The average Bonchev–Trinajstić information content (AvgIpc) is 3.75. The summed E-state index contributed by atoms with van der Waals surface area (Å²) in [6, 6.07) is 76.1. The number of benzene rings is 11. The molecule has 0 saturated heterocycles. The summed E-state index contributed by atoms with van der Waals surface area (Å²) >= 11 is 0. The van der Waals surface area contributed by atoms with Crippen molar-refractivity contribution in [3.63, 3.8) is 0 Å². The molecule has 4 nitrogen and oxygen atoms in total. The Balaban J connectivity index is 0.928. The van der Waals surface area contributed by atoms with Gasteiger partial charge in [-0.2, -0.15) is 0 Å². The SMILES string of the molecule is c1ccc(-c2nc(-c3ccc(-c4ccccc4-c4cc5ccc6cccc7c8cccc9ccc%10cccc(c(c4)c5c67)c%10c98)cc3)nc(-c3ccc4c(c3)oc3ccccc34)n2)cc1. The van der Waals surface area contributed by atoms with E-state index in [0.29, 0.717) is 17.5 Å². The topological polar surface area (TPSA) is 51.8 Å². The van der Waals surface area contributed by atoms with E-state index < -0.39 is 0 Å². The summed E-state index contributed by atoms with van der Waals surface area (Å²) < 4.78 is 6.27. The van der Waals surface area contributed by atoms with Crippen molar-refractivity contribution >= 4 is 86.6 Å². The second-order valence-corrected chi connectivity index (χ2v) is 17.1. The zero-order chi connectivity index (χ0) is 42.6. The zero-order valence-electron chi connectivity index (χ0n) is 35.0. The van der Waals surface area contributed by atoms with Crippen LogP contribution in [-0.2, 0) is 0 Å². The number of fused-ring (bicyclic) bond motifs is 5. The van der Waals surface area contributed by atoms with E-state index >= 15 is 0 Å². The van der Waals surface area contributed by atoms with Crippen LogP contribution in [-0.4, -0.2) is 15.0 Å². The lowest BCUT2D eigenvalue weighted by Crippen LogP contribution is -2.00. The van der Waals surface area contributed by atoms with Crippen molar-refractivity contribution in [2.24, 2.45) is 0 Å². The molecule has 0 saturated carbocycles. The molecule has 0 aliphatic rings. The fraction of sp³-hybridized carbons (Fsp3) is 0. The molecule has 0 fully saturated rings. The van der Waals surface area contributed by atoms with Gasteiger partial charge in [-0.3, -0.25) is 0 Å². The Bertz CT molecular complexity index is 4220. The molecule has 14 rings (SSSR count). The third-order valence-corrected chi connectivity index (χ3v) is 13.4. The number of rotatable bonds is 5. The van der Waals surface area contributed by atoms with Crippen LogP contribution in [0.3, 0.4) is 0 Å². The van der Waals surface area contributed by atoms with Gasteiger partial charge in [0.1, 0.15) is 11.2 Å². The number of para-hydroxylation sites is 1. The Morgan fingerprint density at radius 3 is 1.37 bits per heavy atom. The van der Waals surface area contributed by atoms with Crippen LogP contribution in [0.2, 0.25) is 0 Å². The maximum absolute atomic E-state index is 6.27. The number of hydrogen-bond donors (Lipinski definition) is 0. The standard InChI is InChI=1S/C61H35N3O/c1-2-11-40(12-3-1)59-62-60(64-61(63-59)43-31-32-48-47-18-6-7-22-53(47)65-54(48)35-43)41-28-23-36(24-29-41)45-16-4-5-17-46(45)44-33-42-30-27-39-14-9-20-50-49-19-8-13-37-25-26-38-15-10-21-51(57(38)55(37)49)52(34-44)58(42)56(39)50/h1-35H. The van der Waals surface area contributed by atoms with Crippen LogP contribution in [0.15, 0.2) is 217 Å². The van der Waals surface area contributed by atoms with Gasteiger partial charge in [0.25, 0.3) is 0 Å². The minimum atomic E-state index is 0.590. The molecule has 0 amide bonds. The van der Waals surface area contributed by atoms with E-state index in [9.17, 15) is 0 Å². The first-order chi connectivity index (χ1) is 32.2. The van der Waals surface area contributed by atoms with Crippen LogP contribution in [0, 0.1) is 0 Å². The van der Waals surface area contributed by atoms with E-state index in [4.69, 9.17) is 19.4 Å². The van der Waals surface area contributed by atoms with Crippen molar-refractivity contribution < 1.29 is 4.42 Å². The number of hydrogen-bond acceptors (Lipinski definition) is 4. The first-order valence-electron chi connectivity index (χ1n) is 22.1. The third kappa shape index (κ3) is 5.54. The minimum Gasteiger partial charge on any atom is -0.456 e. The van der Waals surface area contributed by atoms with E-state index in [-0.39, 0.29) is 0 Å². The zero-order valence-corrected chi connectivity index (χ0v) is 35.0. The molecule has 2 heterocycles. The van der Waals surface area contributed by atoms with Crippen molar-refractivity contribution in [3.05, 3.63) is 212 Å². The van der Waals surface area contributed by atoms with Gasteiger partial charge in [0, 0.05) is 27.5 Å². The van der Waals surface area contributed by atoms with Gasteiger partial charge < -0.3 is 4.42 Å². The van der Waals surface area contributed by atoms with Gasteiger partial charge in [-0.05, 0) is 117 Å². The molecule has 2 aromatic heterocycles. The van der Waals surface area contributed by atoms with Gasteiger partial charge >= 0.3 is 0 Å². The molecular weight excluding hydrogens is 791 g/mol. The van der Waals surface area contributed by atoms with Crippen LogP contribution in [0.25, 0.3) is 143 Å². The molecule has 14 aromatic rings. The molecule has 65 heavy (non-hydrogen) atoms. The maximum Gasteiger partial charge on any atom is 0.164 e. The highest BCUT2D eigenvalue weighted by Gasteiger charge is 2.19. The van der Waals surface area contributed by atoms with Gasteiger partial charge in [-0.15, -0.1) is 0 Å². The quantitative estimate of drug-likeness (QED) is 0.162. The van der Waals surface area contributed by atoms with Gasteiger partial charge in [-0.25, -0.2) is 15.0 Å². The molecule has 300 valence electrons. The van der Waals surface area contributed by atoms with Crippen molar-refractivity contribution in [1.82, 2.24) is 15.0 Å². The largest absolute Gasteiger partial charge is 0.456 e.